The number of carbonyl (C=O) groups is 1. The highest BCUT2D eigenvalue weighted by Crippen LogP contribution is 2.36. The van der Waals surface area contributed by atoms with Gasteiger partial charge in [-0.15, -0.1) is 0 Å². The molecule has 32 heavy (non-hydrogen) atoms. The summed E-state index contributed by atoms with van der Waals surface area (Å²) in [6, 6.07) is 22.5. The van der Waals surface area contributed by atoms with E-state index >= 15 is 0 Å². The molecule has 0 aliphatic carbocycles. The highest BCUT2D eigenvalue weighted by molar-refractivity contribution is 7.92. The predicted molar refractivity (Wildman–Crippen MR) is 125 cm³/mol. The molecule has 7 heteroatoms. The Labute approximate surface area is 187 Å². The Morgan fingerprint density at radius 3 is 2.47 bits per heavy atom. The van der Waals surface area contributed by atoms with E-state index in [-0.39, 0.29) is 10.8 Å². The fourth-order valence-electron chi connectivity index (χ4n) is 3.68. The first-order valence-electron chi connectivity index (χ1n) is 10.2. The molecule has 4 rings (SSSR count). The van der Waals surface area contributed by atoms with E-state index in [0.717, 1.165) is 24.0 Å². The molecule has 0 radical (unpaired) electrons. The molecule has 1 heterocycles. The average Bonchev–Trinajstić information content (AvgIpc) is 2.83. The molecule has 0 bridgehead atoms. The summed E-state index contributed by atoms with van der Waals surface area (Å²) in [5.74, 6) is -0.235. The number of fused-ring (bicyclic) bond motifs is 1. The third-order valence-electron chi connectivity index (χ3n) is 5.24. The highest BCUT2D eigenvalue weighted by atomic mass is 32.2. The van der Waals surface area contributed by atoms with Crippen LogP contribution in [-0.4, -0.2) is 20.9 Å². The normalized spacial score (nSPS) is 13.4. The number of nitrogens with zero attached hydrogens (tertiary/aromatic N) is 2. The monoisotopic (exact) mass is 443 g/mol. The van der Waals surface area contributed by atoms with Gasteiger partial charge in [0.1, 0.15) is 0 Å². The fourth-order valence-corrected chi connectivity index (χ4v) is 4.77. The number of aryl methyl sites for hydroxylation is 1. The van der Waals surface area contributed by atoms with Crippen LogP contribution in [0.3, 0.4) is 0 Å². The van der Waals surface area contributed by atoms with E-state index in [1.807, 2.05) is 6.07 Å². The molecule has 1 amide bonds. The maximum atomic E-state index is 13.1. The van der Waals surface area contributed by atoms with E-state index in [1.54, 1.807) is 65.6 Å². The second-order valence-electron chi connectivity index (χ2n) is 7.39. The van der Waals surface area contributed by atoms with Crippen LogP contribution in [0.2, 0.25) is 0 Å². The maximum absolute atomic E-state index is 13.1. The summed E-state index contributed by atoms with van der Waals surface area (Å²) in [4.78, 5) is 14.8. The van der Waals surface area contributed by atoms with E-state index in [0.29, 0.717) is 23.5 Å². The van der Waals surface area contributed by atoms with Crippen LogP contribution in [0.15, 0.2) is 83.8 Å². The van der Waals surface area contributed by atoms with Crippen LogP contribution in [0.1, 0.15) is 23.1 Å². The average molecular weight is 444 g/mol. The summed E-state index contributed by atoms with van der Waals surface area (Å²) >= 11 is 0. The van der Waals surface area contributed by atoms with Crippen molar-refractivity contribution in [1.82, 2.24) is 0 Å². The van der Waals surface area contributed by atoms with Crippen molar-refractivity contribution in [2.45, 2.75) is 17.7 Å². The van der Waals surface area contributed by atoms with Crippen LogP contribution in [0.5, 0.6) is 0 Å². The molecule has 3 aromatic carbocycles. The van der Waals surface area contributed by atoms with Crippen LogP contribution in [-0.2, 0) is 21.2 Å². The molecule has 0 unspecified atom stereocenters. The molecule has 0 saturated carbocycles. The molecule has 0 spiro atoms. The molecule has 0 saturated heterocycles. The van der Waals surface area contributed by atoms with E-state index in [9.17, 15) is 13.2 Å². The number of hydrogen-bond acceptors (Lipinski definition) is 4. The Morgan fingerprint density at radius 2 is 1.75 bits per heavy atom. The quantitative estimate of drug-likeness (QED) is 0.594. The van der Waals surface area contributed by atoms with Gasteiger partial charge in [-0.1, -0.05) is 42.5 Å². The summed E-state index contributed by atoms with van der Waals surface area (Å²) in [5.41, 5.74) is 3.24. The van der Waals surface area contributed by atoms with Gasteiger partial charge in [-0.05, 0) is 60.4 Å². The topological polar surface area (TPSA) is 90.3 Å². The van der Waals surface area contributed by atoms with Gasteiger partial charge in [-0.3, -0.25) is 9.52 Å². The lowest BCUT2D eigenvalue weighted by molar-refractivity contribution is -0.114. The summed E-state index contributed by atoms with van der Waals surface area (Å²) in [6.45, 7) is 0.494. The molecular formula is C25H21N3O3S. The van der Waals surface area contributed by atoms with Crippen molar-refractivity contribution in [1.29, 1.82) is 5.26 Å². The first kappa shape index (κ1) is 21.3. The summed E-state index contributed by atoms with van der Waals surface area (Å²) in [6.07, 6.45) is 4.71. The van der Waals surface area contributed by atoms with Crippen molar-refractivity contribution < 1.29 is 13.2 Å². The van der Waals surface area contributed by atoms with Gasteiger partial charge in [-0.2, -0.15) is 5.26 Å². The van der Waals surface area contributed by atoms with E-state index in [1.165, 1.54) is 18.2 Å². The van der Waals surface area contributed by atoms with Gasteiger partial charge in [0.25, 0.3) is 15.9 Å². The number of anilines is 2. The van der Waals surface area contributed by atoms with Crippen molar-refractivity contribution in [2.75, 3.05) is 16.2 Å². The van der Waals surface area contributed by atoms with Gasteiger partial charge in [0, 0.05) is 12.6 Å². The second kappa shape index (κ2) is 9.08. The SMILES string of the molecule is N#Cc1ccc(C=CC(=O)N2CCCc3cccc(NS(=O)(=O)c4ccccc4)c32)cc1. The molecule has 1 N–H and O–H groups in total. The number of amides is 1. The van der Waals surface area contributed by atoms with E-state index in [4.69, 9.17) is 5.26 Å². The molecule has 0 fully saturated rings. The minimum Gasteiger partial charge on any atom is -0.307 e. The van der Waals surface area contributed by atoms with E-state index < -0.39 is 10.0 Å². The Morgan fingerprint density at radius 1 is 1.00 bits per heavy atom. The lowest BCUT2D eigenvalue weighted by atomic mass is 10.0. The van der Waals surface area contributed by atoms with Gasteiger partial charge >= 0.3 is 0 Å². The molecule has 1 aliphatic rings. The zero-order chi connectivity index (χ0) is 22.6. The third-order valence-corrected chi connectivity index (χ3v) is 6.62. The molecule has 1 aliphatic heterocycles. The molecule has 0 aromatic heterocycles. The highest BCUT2D eigenvalue weighted by Gasteiger charge is 2.26. The first-order chi connectivity index (χ1) is 15.5. The van der Waals surface area contributed by atoms with Crippen LogP contribution in [0.25, 0.3) is 6.08 Å². The predicted octanol–water partition coefficient (Wildman–Crippen LogP) is 4.35. The van der Waals surface area contributed by atoms with Gasteiger partial charge in [0.05, 0.1) is 27.9 Å². The molecular weight excluding hydrogens is 422 g/mol. The van der Waals surface area contributed by atoms with E-state index in [2.05, 4.69) is 10.8 Å². The molecule has 160 valence electrons. The van der Waals surface area contributed by atoms with Crippen LogP contribution in [0.4, 0.5) is 11.4 Å². The fraction of sp³-hybridized carbons (Fsp3) is 0.120. The van der Waals surface area contributed by atoms with Crippen molar-refractivity contribution in [3.63, 3.8) is 0 Å². The number of para-hydroxylation sites is 1. The summed E-state index contributed by atoms with van der Waals surface area (Å²) in [7, 11) is -3.79. The Hall–Kier alpha value is -3.89. The number of nitriles is 1. The number of carbonyl (C=O) groups excluding carboxylic acids is 1. The standard InChI is InChI=1S/C25H21N3O3S/c26-18-20-13-11-19(12-14-20)15-16-24(29)28-17-5-7-21-6-4-10-23(25(21)28)27-32(30,31)22-8-2-1-3-9-22/h1-4,6,8-16,27H,5,7,17H2. The van der Waals surface area contributed by atoms with Gasteiger partial charge < -0.3 is 4.90 Å². The Bertz CT molecular complexity index is 1310. The number of rotatable bonds is 5. The smallest absolute Gasteiger partial charge is 0.261 e. The number of nitrogens with one attached hydrogen (secondary N) is 1. The van der Waals surface area contributed by atoms with Crippen molar-refractivity contribution in [3.05, 3.63) is 95.6 Å². The molecule has 0 atom stereocenters. The lowest BCUT2D eigenvalue weighted by Crippen LogP contribution is -2.35. The maximum Gasteiger partial charge on any atom is 0.261 e. The Kier molecular flexibility index (Phi) is 6.06. The number of benzene rings is 3. The minimum absolute atomic E-state index is 0.159. The Balaban J connectivity index is 1.63. The largest absolute Gasteiger partial charge is 0.307 e. The minimum atomic E-state index is -3.79. The molecule has 6 nitrogen and oxygen atoms in total. The van der Waals surface area contributed by atoms with Crippen LogP contribution < -0.4 is 9.62 Å². The van der Waals surface area contributed by atoms with Gasteiger partial charge in [0.15, 0.2) is 0 Å². The zero-order valence-corrected chi connectivity index (χ0v) is 18.0. The van der Waals surface area contributed by atoms with Crippen LogP contribution in [0, 0.1) is 11.3 Å². The summed E-state index contributed by atoms with van der Waals surface area (Å²) in [5, 5.41) is 8.91. The lowest BCUT2D eigenvalue weighted by Gasteiger charge is -2.31. The molecule has 3 aromatic rings. The number of hydrogen-bond donors (Lipinski definition) is 1. The van der Waals surface area contributed by atoms with Crippen molar-refractivity contribution >= 4 is 33.4 Å². The van der Waals surface area contributed by atoms with Gasteiger partial charge in [0.2, 0.25) is 0 Å². The first-order valence-corrected chi connectivity index (χ1v) is 11.7. The van der Waals surface area contributed by atoms with Gasteiger partial charge in [-0.25, -0.2) is 8.42 Å². The van der Waals surface area contributed by atoms with Crippen molar-refractivity contribution in [2.24, 2.45) is 0 Å². The zero-order valence-electron chi connectivity index (χ0n) is 17.2. The number of sulfonamides is 1. The van der Waals surface area contributed by atoms with Crippen molar-refractivity contribution in [3.8, 4) is 6.07 Å². The summed E-state index contributed by atoms with van der Waals surface area (Å²) < 4.78 is 28.4. The second-order valence-corrected chi connectivity index (χ2v) is 9.07. The van der Waals surface area contributed by atoms with Crippen LogP contribution >= 0.6 is 0 Å². The third kappa shape index (κ3) is 4.56.